The van der Waals surface area contributed by atoms with Crippen molar-refractivity contribution in [1.29, 1.82) is 0 Å². The quantitative estimate of drug-likeness (QED) is 0.638. The predicted molar refractivity (Wildman–Crippen MR) is 88.5 cm³/mol. The summed E-state index contributed by atoms with van der Waals surface area (Å²) in [6.07, 6.45) is -4.65. The lowest BCUT2D eigenvalue weighted by Gasteiger charge is -2.26. The highest BCUT2D eigenvalue weighted by molar-refractivity contribution is 14.1. The molecule has 0 spiro atoms. The monoisotopic (exact) mass is 457 g/mol. The lowest BCUT2D eigenvalue weighted by atomic mass is 10.2. The minimum Gasteiger partial charge on any atom is -0.444 e. The van der Waals surface area contributed by atoms with Crippen molar-refractivity contribution in [3.05, 3.63) is 15.5 Å². The van der Waals surface area contributed by atoms with Crippen LogP contribution in [-0.2, 0) is 11.3 Å². The van der Waals surface area contributed by atoms with Crippen LogP contribution in [0.2, 0.25) is 0 Å². The Morgan fingerprint density at radius 2 is 1.92 bits per heavy atom. The number of hydrogen-bond donors (Lipinski definition) is 0. The van der Waals surface area contributed by atoms with Gasteiger partial charge in [0.2, 0.25) is 0 Å². The lowest BCUT2D eigenvalue weighted by Crippen LogP contribution is -2.37. The Bertz CT molecular complexity index is 641. The second kappa shape index (κ2) is 5.77. The molecule has 1 amide bonds. The van der Waals surface area contributed by atoms with Crippen LogP contribution in [0.1, 0.15) is 32.4 Å². The first kappa shape index (κ1) is 17.8. The van der Waals surface area contributed by atoms with E-state index in [-0.39, 0.29) is 23.8 Å². The summed E-state index contributed by atoms with van der Waals surface area (Å²) in [6, 6.07) is 1.72. The van der Waals surface area contributed by atoms with Gasteiger partial charge in [-0.15, -0.1) is 0 Å². The fraction of sp³-hybridized carbons (Fsp3) is 0.733. The van der Waals surface area contributed by atoms with E-state index in [0.29, 0.717) is 22.5 Å². The van der Waals surface area contributed by atoms with Crippen molar-refractivity contribution < 1.29 is 22.7 Å². The van der Waals surface area contributed by atoms with Gasteiger partial charge in [0.15, 0.2) is 0 Å². The van der Waals surface area contributed by atoms with E-state index in [9.17, 15) is 18.0 Å². The normalized spacial score (nSPS) is 26.5. The highest BCUT2D eigenvalue weighted by Crippen LogP contribution is 2.58. The number of piperidine rings is 1. The first-order valence-electron chi connectivity index (χ1n) is 7.72. The molecule has 1 saturated heterocycles. The molecule has 1 saturated carbocycles. The lowest BCUT2D eigenvalue weighted by molar-refractivity contribution is -0.143. The van der Waals surface area contributed by atoms with Crippen LogP contribution in [0.4, 0.5) is 18.0 Å². The zero-order chi connectivity index (χ0) is 17.9. The molecule has 134 valence electrons. The summed E-state index contributed by atoms with van der Waals surface area (Å²) in [5, 5.41) is 3.97. The average Bonchev–Trinajstić information content (AvgIpc) is 2.74. The summed E-state index contributed by atoms with van der Waals surface area (Å²) in [7, 11) is 0. The molecule has 2 aliphatic rings. The molecule has 2 fully saturated rings. The minimum atomic E-state index is -4.30. The fourth-order valence-electron chi connectivity index (χ4n) is 3.40. The van der Waals surface area contributed by atoms with Crippen LogP contribution in [-0.4, -0.2) is 45.6 Å². The number of likely N-dealkylation sites (tertiary alicyclic amines) is 1. The smallest absolute Gasteiger partial charge is 0.410 e. The Morgan fingerprint density at radius 1 is 1.33 bits per heavy atom. The van der Waals surface area contributed by atoms with Gasteiger partial charge < -0.3 is 9.64 Å². The Labute approximate surface area is 151 Å². The van der Waals surface area contributed by atoms with Gasteiger partial charge in [-0.1, -0.05) is 0 Å². The van der Waals surface area contributed by atoms with E-state index in [4.69, 9.17) is 4.74 Å². The number of carbonyl (C=O) groups excluding carboxylic acids is 1. The average molecular weight is 457 g/mol. The molecule has 0 radical (unpaired) electrons. The van der Waals surface area contributed by atoms with E-state index >= 15 is 0 Å². The van der Waals surface area contributed by atoms with Gasteiger partial charge in [0, 0.05) is 24.7 Å². The van der Waals surface area contributed by atoms with E-state index in [2.05, 4.69) is 5.10 Å². The molecule has 3 atom stereocenters. The van der Waals surface area contributed by atoms with Gasteiger partial charge in [0.05, 0.1) is 0 Å². The van der Waals surface area contributed by atoms with Crippen molar-refractivity contribution in [3.63, 3.8) is 0 Å². The number of aromatic nitrogens is 2. The molecule has 0 unspecified atom stereocenters. The predicted octanol–water partition coefficient (Wildman–Crippen LogP) is 3.63. The van der Waals surface area contributed by atoms with Crippen LogP contribution >= 0.6 is 22.6 Å². The first-order chi connectivity index (χ1) is 10.9. The van der Waals surface area contributed by atoms with Crippen LogP contribution in [0.5, 0.6) is 0 Å². The number of rotatable bonds is 2. The van der Waals surface area contributed by atoms with Crippen molar-refractivity contribution in [3.8, 4) is 0 Å². The summed E-state index contributed by atoms with van der Waals surface area (Å²) >= 11 is 1.93. The number of carbonyl (C=O) groups is 1. The Morgan fingerprint density at radius 3 is 2.42 bits per heavy atom. The van der Waals surface area contributed by atoms with Crippen molar-refractivity contribution in [2.75, 3.05) is 13.1 Å². The summed E-state index contributed by atoms with van der Waals surface area (Å²) in [5.74, 6) is 0.427. The molecule has 1 aliphatic heterocycles. The molecular formula is C15H19F3IN3O2. The van der Waals surface area contributed by atoms with Crippen molar-refractivity contribution in [1.82, 2.24) is 14.7 Å². The van der Waals surface area contributed by atoms with Crippen LogP contribution in [0.25, 0.3) is 0 Å². The molecule has 1 aromatic rings. The molecule has 0 bridgehead atoms. The second-order valence-electron chi connectivity index (χ2n) is 7.40. The summed E-state index contributed by atoms with van der Waals surface area (Å²) in [4.78, 5) is 13.7. The molecule has 5 nitrogen and oxygen atoms in total. The van der Waals surface area contributed by atoms with Crippen molar-refractivity contribution in [2.45, 2.75) is 45.0 Å². The number of halogens is 4. The van der Waals surface area contributed by atoms with E-state index < -0.39 is 18.3 Å². The van der Waals surface area contributed by atoms with Gasteiger partial charge in [-0.25, -0.2) is 4.79 Å². The molecule has 24 heavy (non-hydrogen) atoms. The number of hydrogen-bond acceptors (Lipinski definition) is 3. The van der Waals surface area contributed by atoms with Crippen LogP contribution in [0, 0.1) is 15.5 Å². The number of ether oxygens (including phenoxy) is 1. The van der Waals surface area contributed by atoms with Crippen molar-refractivity contribution in [2.24, 2.45) is 11.8 Å². The maximum atomic E-state index is 12.7. The molecule has 1 aliphatic carbocycles. The van der Waals surface area contributed by atoms with Crippen LogP contribution in [0.3, 0.4) is 0 Å². The van der Waals surface area contributed by atoms with Crippen LogP contribution < -0.4 is 0 Å². The molecule has 9 heteroatoms. The van der Waals surface area contributed by atoms with E-state index in [1.165, 1.54) is 0 Å². The molecule has 0 N–H and O–H groups in total. The number of amides is 1. The van der Waals surface area contributed by atoms with Gasteiger partial charge >= 0.3 is 12.3 Å². The summed E-state index contributed by atoms with van der Waals surface area (Å²) in [6.45, 7) is 5.40. The maximum Gasteiger partial charge on any atom is 0.410 e. The molecule has 1 aromatic heterocycles. The standard InChI is InChI=1S/C15H19F3IN3O2/c1-14(2,3)24-13(23)21-5-8-9(6-21)12(8)10-4-11(19)20-22(10)7-15(16,17)18/h4,8-9,12H,5-7H2,1-3H3/t8-,9+,12+. The third-order valence-electron chi connectivity index (χ3n) is 4.30. The van der Waals surface area contributed by atoms with Gasteiger partial charge in [0.25, 0.3) is 0 Å². The Balaban J connectivity index is 1.65. The topological polar surface area (TPSA) is 47.4 Å². The Hall–Kier alpha value is -1.00. The molecule has 0 aromatic carbocycles. The van der Waals surface area contributed by atoms with Gasteiger partial charge in [-0.2, -0.15) is 18.3 Å². The van der Waals surface area contributed by atoms with Gasteiger partial charge in [-0.3, -0.25) is 4.68 Å². The second-order valence-corrected chi connectivity index (χ2v) is 8.51. The highest BCUT2D eigenvalue weighted by Gasteiger charge is 2.59. The van der Waals surface area contributed by atoms with Crippen molar-refractivity contribution >= 4 is 28.7 Å². The zero-order valence-electron chi connectivity index (χ0n) is 13.6. The Kier molecular flexibility index (Phi) is 4.28. The summed E-state index contributed by atoms with van der Waals surface area (Å²) < 4.78 is 45.1. The number of alkyl halides is 3. The van der Waals surface area contributed by atoms with Crippen LogP contribution in [0.15, 0.2) is 6.07 Å². The number of fused-ring (bicyclic) bond motifs is 1. The maximum absolute atomic E-state index is 12.7. The van der Waals surface area contributed by atoms with Gasteiger partial charge in [0.1, 0.15) is 15.8 Å². The zero-order valence-corrected chi connectivity index (χ0v) is 15.8. The highest BCUT2D eigenvalue weighted by atomic mass is 127. The third kappa shape index (κ3) is 3.80. The van der Waals surface area contributed by atoms with E-state index in [1.54, 1.807) is 11.0 Å². The molecule has 3 rings (SSSR count). The summed E-state index contributed by atoms with van der Waals surface area (Å²) in [5.41, 5.74) is 0.0700. The van der Waals surface area contributed by atoms with Gasteiger partial charge in [-0.05, 0) is 61.3 Å². The molecule has 2 heterocycles. The number of nitrogens with zero attached hydrogens (tertiary/aromatic N) is 3. The SMILES string of the molecule is CC(C)(C)OC(=O)N1C[C@@H]2[C@H](C1)[C@H]2c1cc(I)nn1CC(F)(F)F. The molecular weight excluding hydrogens is 438 g/mol. The minimum absolute atomic E-state index is 0.0436. The van der Waals surface area contributed by atoms with E-state index in [1.807, 2.05) is 43.4 Å². The first-order valence-corrected chi connectivity index (χ1v) is 8.80. The third-order valence-corrected chi connectivity index (χ3v) is 4.82. The largest absolute Gasteiger partial charge is 0.444 e. The fourth-order valence-corrected chi connectivity index (χ4v) is 3.98. The van der Waals surface area contributed by atoms with E-state index in [0.717, 1.165) is 4.68 Å².